The van der Waals surface area contributed by atoms with Crippen molar-refractivity contribution >= 4 is 35.9 Å². The van der Waals surface area contributed by atoms with Crippen LogP contribution >= 0.6 is 0 Å². The predicted molar refractivity (Wildman–Crippen MR) is 116 cm³/mol. The van der Waals surface area contributed by atoms with Gasteiger partial charge in [-0.15, -0.1) is 0 Å². The Morgan fingerprint density at radius 2 is 2.00 bits per heavy atom. The van der Waals surface area contributed by atoms with Gasteiger partial charge in [-0.25, -0.2) is 4.98 Å². The molecule has 4 rings (SSSR count). The maximum atomic E-state index is 11.9. The molecule has 1 aromatic heterocycles. The van der Waals surface area contributed by atoms with Crippen molar-refractivity contribution in [1.29, 1.82) is 0 Å². The highest BCUT2D eigenvalue weighted by molar-refractivity contribution is 6.59. The summed E-state index contributed by atoms with van der Waals surface area (Å²) in [7, 11) is -1.55. The van der Waals surface area contributed by atoms with E-state index in [2.05, 4.69) is 15.3 Å². The number of hydrogen-bond acceptors (Lipinski definition) is 7. The van der Waals surface area contributed by atoms with Crippen LogP contribution < -0.4 is 21.4 Å². The summed E-state index contributed by atoms with van der Waals surface area (Å²) in [5, 5.41) is 22.6. The van der Waals surface area contributed by atoms with Crippen LogP contribution in [0.1, 0.15) is 28.4 Å². The van der Waals surface area contributed by atoms with Crippen molar-refractivity contribution < 1.29 is 14.8 Å². The smallest absolute Gasteiger partial charge is 0.423 e. The molecule has 2 heterocycles. The van der Waals surface area contributed by atoms with Crippen molar-refractivity contribution in [3.8, 4) is 0 Å². The Kier molecular flexibility index (Phi) is 5.39. The first-order chi connectivity index (χ1) is 14.5. The van der Waals surface area contributed by atoms with Crippen molar-refractivity contribution in [1.82, 2.24) is 9.97 Å². The van der Waals surface area contributed by atoms with Gasteiger partial charge in [-0.05, 0) is 36.0 Å². The molecule has 9 heteroatoms. The number of primary amides is 1. The Morgan fingerprint density at radius 1 is 1.23 bits per heavy atom. The Morgan fingerprint density at radius 3 is 2.70 bits per heavy atom. The summed E-state index contributed by atoms with van der Waals surface area (Å²) in [6.07, 6.45) is 2.05. The summed E-state index contributed by atoms with van der Waals surface area (Å²) in [6.45, 7) is 2.49. The van der Waals surface area contributed by atoms with Crippen LogP contribution in [0.4, 0.5) is 17.5 Å². The monoisotopic (exact) mass is 403 g/mol. The van der Waals surface area contributed by atoms with Gasteiger partial charge in [0.1, 0.15) is 5.82 Å². The van der Waals surface area contributed by atoms with Gasteiger partial charge in [0.15, 0.2) is 0 Å². The van der Waals surface area contributed by atoms with Gasteiger partial charge in [0.05, 0.1) is 5.56 Å². The fraction of sp³-hybridized carbons (Fsp3) is 0.190. The SMILES string of the molecule is CC1Cc2c(B(O)O)cccc2N1c1ncc(C(N)=O)c(NCc2ccccc2)n1. The molecule has 152 valence electrons. The van der Waals surface area contributed by atoms with Gasteiger partial charge in [-0.2, -0.15) is 4.98 Å². The standard InChI is InChI=1S/C21H22BN5O3/c1-13-10-15-17(22(29)30)8-5-9-18(15)27(13)21-25-12-16(19(23)28)20(26-21)24-11-14-6-3-2-4-7-14/h2-9,12-13,29-30H,10-11H2,1H3,(H2,23,28)(H,24,25,26). The molecule has 8 nitrogen and oxygen atoms in total. The molecule has 0 radical (unpaired) electrons. The second kappa shape index (κ2) is 8.13. The molecule has 30 heavy (non-hydrogen) atoms. The van der Waals surface area contributed by atoms with Crippen molar-refractivity contribution in [2.45, 2.75) is 25.9 Å². The van der Waals surface area contributed by atoms with E-state index in [0.717, 1.165) is 16.8 Å². The molecule has 0 spiro atoms. The number of aromatic nitrogens is 2. The number of amides is 1. The number of nitrogens with zero attached hydrogens (tertiary/aromatic N) is 3. The summed E-state index contributed by atoms with van der Waals surface area (Å²) < 4.78 is 0. The van der Waals surface area contributed by atoms with E-state index in [0.29, 0.717) is 30.2 Å². The molecule has 0 fully saturated rings. The summed E-state index contributed by atoms with van der Waals surface area (Å²) in [6, 6.07) is 15.1. The van der Waals surface area contributed by atoms with E-state index in [1.54, 1.807) is 12.1 Å². The maximum Gasteiger partial charge on any atom is 0.488 e. The van der Waals surface area contributed by atoms with Crippen LogP contribution in [0.25, 0.3) is 0 Å². The van der Waals surface area contributed by atoms with Crippen LogP contribution in [0, 0.1) is 0 Å². The first kappa shape index (κ1) is 19.9. The molecule has 1 unspecified atom stereocenters. The molecule has 1 aliphatic rings. The van der Waals surface area contributed by atoms with Crippen LogP contribution in [0.5, 0.6) is 0 Å². The number of carbonyl (C=O) groups is 1. The van der Waals surface area contributed by atoms with Crippen molar-refractivity contribution in [3.05, 3.63) is 71.4 Å². The van der Waals surface area contributed by atoms with Crippen LogP contribution in [0.2, 0.25) is 0 Å². The Bertz CT molecular complexity index is 1080. The lowest BCUT2D eigenvalue weighted by Crippen LogP contribution is -2.32. The molecule has 1 amide bonds. The molecule has 5 N–H and O–H groups in total. The quantitative estimate of drug-likeness (QED) is 0.452. The van der Waals surface area contributed by atoms with E-state index in [-0.39, 0.29) is 11.6 Å². The summed E-state index contributed by atoms with van der Waals surface area (Å²) in [4.78, 5) is 22.8. The van der Waals surface area contributed by atoms with Crippen molar-refractivity contribution in [3.63, 3.8) is 0 Å². The Balaban J connectivity index is 1.70. The third-order valence-electron chi connectivity index (χ3n) is 5.23. The number of carbonyl (C=O) groups excluding carboxylic acids is 1. The predicted octanol–water partition coefficient (Wildman–Crippen LogP) is 0.950. The van der Waals surface area contributed by atoms with Crippen LogP contribution in [-0.4, -0.2) is 39.1 Å². The Labute approximate surface area is 174 Å². The van der Waals surface area contributed by atoms with Gasteiger partial charge in [0.2, 0.25) is 5.95 Å². The van der Waals surface area contributed by atoms with Gasteiger partial charge in [0, 0.05) is 24.5 Å². The zero-order valence-corrected chi connectivity index (χ0v) is 16.5. The number of nitrogens with two attached hydrogens (primary N) is 1. The fourth-order valence-electron chi connectivity index (χ4n) is 3.80. The number of benzene rings is 2. The minimum absolute atomic E-state index is 0.00121. The minimum Gasteiger partial charge on any atom is -0.423 e. The highest BCUT2D eigenvalue weighted by Gasteiger charge is 2.33. The van der Waals surface area contributed by atoms with Crippen LogP contribution in [-0.2, 0) is 13.0 Å². The summed E-state index contributed by atoms with van der Waals surface area (Å²) >= 11 is 0. The molecule has 1 atom stereocenters. The highest BCUT2D eigenvalue weighted by atomic mass is 16.4. The molecular formula is C21H22BN5O3. The third kappa shape index (κ3) is 3.72. The number of anilines is 3. The molecule has 0 aliphatic carbocycles. The molecule has 1 aliphatic heterocycles. The van der Waals surface area contributed by atoms with Gasteiger partial charge in [-0.1, -0.05) is 42.5 Å². The second-order valence-electron chi connectivity index (χ2n) is 7.28. The number of nitrogens with one attached hydrogen (secondary N) is 1. The highest BCUT2D eigenvalue weighted by Crippen LogP contribution is 2.36. The van der Waals surface area contributed by atoms with E-state index in [4.69, 9.17) is 5.73 Å². The van der Waals surface area contributed by atoms with E-state index in [1.807, 2.05) is 48.2 Å². The van der Waals surface area contributed by atoms with E-state index in [9.17, 15) is 14.8 Å². The minimum atomic E-state index is -1.55. The normalized spacial score (nSPS) is 15.0. The van der Waals surface area contributed by atoms with Crippen LogP contribution in [0.3, 0.4) is 0 Å². The topological polar surface area (TPSA) is 125 Å². The molecule has 0 saturated heterocycles. The lowest BCUT2D eigenvalue weighted by molar-refractivity contribution is 0.100. The van der Waals surface area contributed by atoms with Gasteiger partial charge < -0.3 is 26.0 Å². The van der Waals surface area contributed by atoms with Gasteiger partial charge in [-0.3, -0.25) is 4.79 Å². The third-order valence-corrected chi connectivity index (χ3v) is 5.23. The number of fused-ring (bicyclic) bond motifs is 1. The van der Waals surface area contributed by atoms with Crippen molar-refractivity contribution in [2.24, 2.45) is 5.73 Å². The van der Waals surface area contributed by atoms with E-state index < -0.39 is 13.0 Å². The maximum absolute atomic E-state index is 11.9. The lowest BCUT2D eigenvalue weighted by atomic mass is 9.76. The van der Waals surface area contributed by atoms with Gasteiger partial charge >= 0.3 is 7.12 Å². The zero-order valence-electron chi connectivity index (χ0n) is 16.5. The molecule has 3 aromatic rings. The average molecular weight is 403 g/mol. The van der Waals surface area contributed by atoms with E-state index in [1.165, 1.54) is 6.20 Å². The molecular weight excluding hydrogens is 381 g/mol. The first-order valence-corrected chi connectivity index (χ1v) is 9.67. The van der Waals surface area contributed by atoms with Crippen LogP contribution in [0.15, 0.2) is 54.7 Å². The van der Waals surface area contributed by atoms with Gasteiger partial charge in [0.25, 0.3) is 5.91 Å². The fourth-order valence-corrected chi connectivity index (χ4v) is 3.80. The van der Waals surface area contributed by atoms with Crippen molar-refractivity contribution in [2.75, 3.05) is 10.2 Å². The summed E-state index contributed by atoms with van der Waals surface area (Å²) in [5.41, 5.74) is 8.89. The summed E-state index contributed by atoms with van der Waals surface area (Å²) in [5.74, 6) is 0.152. The molecule has 0 bridgehead atoms. The second-order valence-corrected chi connectivity index (χ2v) is 7.28. The first-order valence-electron chi connectivity index (χ1n) is 9.67. The van der Waals surface area contributed by atoms with E-state index >= 15 is 0 Å². The zero-order chi connectivity index (χ0) is 21.3. The lowest BCUT2D eigenvalue weighted by Gasteiger charge is -2.23. The Hall–Kier alpha value is -3.43. The largest absolute Gasteiger partial charge is 0.488 e. The number of rotatable bonds is 6. The number of hydrogen-bond donors (Lipinski definition) is 4. The molecule has 2 aromatic carbocycles. The molecule has 0 saturated carbocycles. The average Bonchev–Trinajstić information content (AvgIpc) is 3.08.